The first kappa shape index (κ1) is 20.9. The number of hydrogen-bond donors (Lipinski definition) is 0. The van der Waals surface area contributed by atoms with E-state index < -0.39 is 5.97 Å². The minimum atomic E-state index is -0.616. The molecule has 152 valence electrons. The van der Waals surface area contributed by atoms with Gasteiger partial charge in [-0.3, -0.25) is 4.79 Å². The van der Waals surface area contributed by atoms with E-state index in [1.165, 1.54) is 20.3 Å². The van der Waals surface area contributed by atoms with Crippen LogP contribution in [0.15, 0.2) is 72.8 Å². The normalized spacial score (nSPS) is 10.6. The lowest BCUT2D eigenvalue weighted by atomic mass is 10.1. The molecule has 0 saturated heterocycles. The van der Waals surface area contributed by atoms with Gasteiger partial charge in [-0.1, -0.05) is 54.1 Å². The highest BCUT2D eigenvalue weighted by Crippen LogP contribution is 2.30. The van der Waals surface area contributed by atoms with Gasteiger partial charge >= 0.3 is 5.97 Å². The second-order valence-electron chi connectivity index (χ2n) is 6.53. The van der Waals surface area contributed by atoms with Crippen LogP contribution in [-0.2, 0) is 0 Å². The number of allylic oxidation sites excluding steroid dienone is 1. The van der Waals surface area contributed by atoms with Crippen molar-refractivity contribution in [2.24, 2.45) is 0 Å². The van der Waals surface area contributed by atoms with Crippen molar-refractivity contribution in [2.75, 3.05) is 14.2 Å². The fourth-order valence-corrected chi connectivity index (χ4v) is 2.89. The van der Waals surface area contributed by atoms with Crippen LogP contribution in [0.5, 0.6) is 17.2 Å². The summed E-state index contributed by atoms with van der Waals surface area (Å²) in [5.74, 6) is 0.268. The van der Waals surface area contributed by atoms with Crippen LogP contribution >= 0.6 is 0 Å². The van der Waals surface area contributed by atoms with E-state index in [-0.39, 0.29) is 11.3 Å². The number of carbonyl (C=O) groups excluding carboxylic acids is 2. The fourth-order valence-electron chi connectivity index (χ4n) is 2.89. The zero-order valence-electron chi connectivity index (χ0n) is 17.0. The number of ether oxygens (including phenoxy) is 3. The van der Waals surface area contributed by atoms with Gasteiger partial charge in [0.05, 0.1) is 14.2 Å². The Kier molecular flexibility index (Phi) is 6.65. The maximum absolute atomic E-state index is 12.8. The third kappa shape index (κ3) is 4.75. The Morgan fingerprint density at radius 2 is 1.37 bits per heavy atom. The molecule has 0 unspecified atom stereocenters. The van der Waals surface area contributed by atoms with Gasteiger partial charge in [0.2, 0.25) is 0 Å². The summed E-state index contributed by atoms with van der Waals surface area (Å²) in [5, 5.41) is 0. The van der Waals surface area contributed by atoms with Crippen LogP contribution in [0, 0.1) is 6.92 Å². The number of para-hydroxylation sites is 1. The molecule has 30 heavy (non-hydrogen) atoms. The van der Waals surface area contributed by atoms with E-state index in [9.17, 15) is 9.59 Å². The first-order chi connectivity index (χ1) is 14.5. The molecule has 0 aliphatic heterocycles. The van der Waals surface area contributed by atoms with E-state index in [4.69, 9.17) is 14.2 Å². The molecular formula is C25H22O5. The highest BCUT2D eigenvalue weighted by Gasteiger charge is 2.21. The third-order valence-corrected chi connectivity index (χ3v) is 4.50. The van der Waals surface area contributed by atoms with Crippen LogP contribution in [0.4, 0.5) is 0 Å². The zero-order chi connectivity index (χ0) is 21.5. The van der Waals surface area contributed by atoms with E-state index in [2.05, 4.69) is 0 Å². The molecule has 0 saturated carbocycles. The van der Waals surface area contributed by atoms with E-state index >= 15 is 0 Å². The molecule has 0 N–H and O–H groups in total. The molecule has 0 bridgehead atoms. The van der Waals surface area contributed by atoms with Crippen LogP contribution in [0.3, 0.4) is 0 Å². The second kappa shape index (κ2) is 9.56. The minimum absolute atomic E-state index is 0.137. The monoisotopic (exact) mass is 402 g/mol. The highest BCUT2D eigenvalue weighted by atomic mass is 16.5. The molecule has 5 heteroatoms. The Morgan fingerprint density at radius 3 is 2.00 bits per heavy atom. The maximum atomic E-state index is 12.8. The number of rotatable bonds is 7. The SMILES string of the molecule is COc1cccc(OC)c1C(=O)Oc1ccccc1C=CC(=O)c1ccc(C)cc1. The predicted molar refractivity (Wildman–Crippen MR) is 115 cm³/mol. The van der Waals surface area contributed by atoms with Gasteiger partial charge in [0.1, 0.15) is 22.8 Å². The number of benzene rings is 3. The summed E-state index contributed by atoms with van der Waals surface area (Å²) in [7, 11) is 2.94. The summed E-state index contributed by atoms with van der Waals surface area (Å²) < 4.78 is 16.2. The molecule has 0 atom stereocenters. The number of hydrogen-bond acceptors (Lipinski definition) is 5. The van der Waals surface area contributed by atoms with Crippen molar-refractivity contribution in [1.82, 2.24) is 0 Å². The summed E-state index contributed by atoms with van der Waals surface area (Å²) >= 11 is 0. The van der Waals surface area contributed by atoms with Crippen molar-refractivity contribution < 1.29 is 23.8 Å². The Bertz CT molecular complexity index is 1060. The lowest BCUT2D eigenvalue weighted by Crippen LogP contribution is -2.12. The number of methoxy groups -OCH3 is 2. The lowest BCUT2D eigenvalue weighted by Gasteiger charge is -2.13. The van der Waals surface area contributed by atoms with Crippen LogP contribution in [-0.4, -0.2) is 26.0 Å². The predicted octanol–water partition coefficient (Wildman–Crippen LogP) is 5.13. The molecule has 0 aliphatic rings. The van der Waals surface area contributed by atoms with Gasteiger partial charge in [-0.2, -0.15) is 0 Å². The third-order valence-electron chi connectivity index (χ3n) is 4.50. The summed E-state index contributed by atoms with van der Waals surface area (Å²) in [6.45, 7) is 1.96. The molecule has 0 aromatic heterocycles. The molecule has 0 amide bonds. The van der Waals surface area contributed by atoms with Crippen molar-refractivity contribution in [2.45, 2.75) is 6.92 Å². The Labute approximate surface area is 175 Å². The first-order valence-corrected chi connectivity index (χ1v) is 9.34. The molecule has 0 spiro atoms. The Balaban J connectivity index is 1.85. The zero-order valence-corrected chi connectivity index (χ0v) is 17.0. The van der Waals surface area contributed by atoms with Crippen molar-refractivity contribution in [3.63, 3.8) is 0 Å². The smallest absolute Gasteiger partial charge is 0.351 e. The van der Waals surface area contributed by atoms with Crippen LogP contribution in [0.2, 0.25) is 0 Å². The quantitative estimate of drug-likeness (QED) is 0.237. The number of esters is 1. The van der Waals surface area contributed by atoms with Gasteiger partial charge in [-0.25, -0.2) is 4.79 Å². The van der Waals surface area contributed by atoms with Crippen molar-refractivity contribution >= 4 is 17.8 Å². The van der Waals surface area contributed by atoms with Gasteiger partial charge in [-0.05, 0) is 37.3 Å². The van der Waals surface area contributed by atoms with Crippen molar-refractivity contribution in [3.05, 3.63) is 95.1 Å². The van der Waals surface area contributed by atoms with Crippen molar-refractivity contribution in [1.29, 1.82) is 0 Å². The lowest BCUT2D eigenvalue weighted by molar-refractivity contribution is 0.0727. The van der Waals surface area contributed by atoms with Crippen molar-refractivity contribution in [3.8, 4) is 17.2 Å². The largest absolute Gasteiger partial charge is 0.496 e. The average molecular weight is 402 g/mol. The highest BCUT2D eigenvalue weighted by molar-refractivity contribution is 6.07. The molecular weight excluding hydrogens is 380 g/mol. The Morgan fingerprint density at radius 1 is 0.767 bits per heavy atom. The number of carbonyl (C=O) groups is 2. The maximum Gasteiger partial charge on any atom is 0.351 e. The topological polar surface area (TPSA) is 61.8 Å². The molecule has 0 aliphatic carbocycles. The van der Waals surface area contributed by atoms with E-state index in [0.29, 0.717) is 28.4 Å². The molecule has 5 nitrogen and oxygen atoms in total. The molecule has 3 aromatic rings. The molecule has 0 heterocycles. The molecule has 3 aromatic carbocycles. The fraction of sp³-hybridized carbons (Fsp3) is 0.120. The summed E-state index contributed by atoms with van der Waals surface area (Å²) in [6.07, 6.45) is 3.09. The van der Waals surface area contributed by atoms with Gasteiger partial charge in [0.25, 0.3) is 0 Å². The summed E-state index contributed by atoms with van der Waals surface area (Å²) in [6, 6.07) is 19.4. The average Bonchev–Trinajstić information content (AvgIpc) is 2.78. The van der Waals surface area contributed by atoms with Gasteiger partial charge < -0.3 is 14.2 Å². The van der Waals surface area contributed by atoms with Crippen LogP contribution in [0.1, 0.15) is 31.8 Å². The van der Waals surface area contributed by atoms with Gasteiger partial charge in [0.15, 0.2) is 5.78 Å². The first-order valence-electron chi connectivity index (χ1n) is 9.34. The van der Waals surface area contributed by atoms with Crippen LogP contribution in [0.25, 0.3) is 6.08 Å². The van der Waals surface area contributed by atoms with E-state index in [1.807, 2.05) is 19.1 Å². The number of aryl methyl sites for hydroxylation is 1. The minimum Gasteiger partial charge on any atom is -0.496 e. The summed E-state index contributed by atoms with van der Waals surface area (Å²) in [5.41, 5.74) is 2.46. The van der Waals surface area contributed by atoms with E-state index in [1.54, 1.807) is 60.7 Å². The molecule has 0 radical (unpaired) electrons. The van der Waals surface area contributed by atoms with Crippen LogP contribution < -0.4 is 14.2 Å². The standard InChI is InChI=1S/C25H22O5/c1-17-11-13-18(14-12-17)20(26)16-15-19-7-4-5-8-21(19)30-25(27)24-22(28-2)9-6-10-23(24)29-3/h4-16H,1-3H3. The Hall–Kier alpha value is -3.86. The van der Waals surface area contributed by atoms with E-state index in [0.717, 1.165) is 5.56 Å². The second-order valence-corrected chi connectivity index (χ2v) is 6.53. The molecule has 3 rings (SSSR count). The number of ketones is 1. The summed E-state index contributed by atoms with van der Waals surface area (Å²) in [4.78, 5) is 25.3. The molecule has 0 fully saturated rings. The van der Waals surface area contributed by atoms with Gasteiger partial charge in [0, 0.05) is 11.1 Å². The van der Waals surface area contributed by atoms with Gasteiger partial charge in [-0.15, -0.1) is 0 Å².